The van der Waals surface area contributed by atoms with Crippen LogP contribution in [0, 0.1) is 0 Å². The molecule has 0 atom stereocenters. The van der Waals surface area contributed by atoms with E-state index in [1.807, 2.05) is 45.0 Å². The largest absolute Gasteiger partial charge is 0.299 e. The molecular weight excluding hydrogens is 264 g/mol. The number of aromatic nitrogens is 2. The highest BCUT2D eigenvalue weighted by molar-refractivity contribution is 5.45. The Morgan fingerprint density at radius 1 is 1.00 bits per heavy atom. The number of hydrogen-bond donors (Lipinski definition) is 2. The quantitative estimate of drug-likeness (QED) is 0.799. The van der Waals surface area contributed by atoms with Crippen molar-refractivity contribution in [3.05, 3.63) is 45.9 Å². The van der Waals surface area contributed by atoms with Gasteiger partial charge in [-0.2, -0.15) is 5.11 Å². The lowest BCUT2D eigenvalue weighted by Crippen LogP contribution is -2.12. The second-order valence-electron chi connectivity index (χ2n) is 6.50. The Morgan fingerprint density at radius 2 is 1.62 bits per heavy atom. The zero-order valence-electron chi connectivity index (χ0n) is 13.2. The minimum Gasteiger partial charge on any atom is -0.299 e. The summed E-state index contributed by atoms with van der Waals surface area (Å²) in [6.07, 6.45) is 0. The van der Waals surface area contributed by atoms with Crippen LogP contribution in [0.25, 0.3) is 0 Å². The van der Waals surface area contributed by atoms with Gasteiger partial charge in [-0.05, 0) is 23.6 Å². The van der Waals surface area contributed by atoms with E-state index in [0.717, 1.165) is 11.4 Å². The van der Waals surface area contributed by atoms with Crippen LogP contribution in [0.4, 0.5) is 11.4 Å². The van der Waals surface area contributed by atoms with Crippen LogP contribution in [-0.4, -0.2) is 10.2 Å². The second kappa shape index (κ2) is 5.68. The molecule has 5 nitrogen and oxygen atoms in total. The van der Waals surface area contributed by atoms with Crippen LogP contribution in [-0.2, 0) is 5.41 Å². The molecule has 0 fully saturated rings. The predicted molar refractivity (Wildman–Crippen MR) is 84.8 cm³/mol. The Labute approximate surface area is 124 Å². The normalized spacial score (nSPS) is 12.5. The standard InChI is InChI=1S/C16H22N4O/c1-10(2)11-6-8-12(9-7-11)17-18-13-14(16(3,4)5)19-20-15(13)21/h6-10H,1-5H3,(H2,19,20,21). The molecule has 21 heavy (non-hydrogen) atoms. The zero-order chi connectivity index (χ0) is 15.6. The number of H-pyrrole nitrogens is 2. The molecule has 0 unspecified atom stereocenters. The van der Waals surface area contributed by atoms with Crippen LogP contribution >= 0.6 is 0 Å². The predicted octanol–water partition coefficient (Wildman–Crippen LogP) is 4.54. The third kappa shape index (κ3) is 3.48. The van der Waals surface area contributed by atoms with Gasteiger partial charge in [0.25, 0.3) is 5.56 Å². The average Bonchev–Trinajstić information content (AvgIpc) is 2.78. The summed E-state index contributed by atoms with van der Waals surface area (Å²) in [5, 5.41) is 13.7. The molecule has 2 rings (SSSR count). The van der Waals surface area contributed by atoms with Crippen LogP contribution in [0.3, 0.4) is 0 Å². The maximum Gasteiger partial charge on any atom is 0.292 e. The lowest BCUT2D eigenvalue weighted by atomic mass is 9.91. The first kappa shape index (κ1) is 15.2. The number of nitrogens with zero attached hydrogens (tertiary/aromatic N) is 2. The molecule has 0 radical (unpaired) electrons. The molecule has 2 aromatic rings. The Hall–Kier alpha value is -2.17. The fraction of sp³-hybridized carbons (Fsp3) is 0.438. The van der Waals surface area contributed by atoms with E-state index < -0.39 is 0 Å². The molecule has 0 amide bonds. The molecule has 0 spiro atoms. The highest BCUT2D eigenvalue weighted by Crippen LogP contribution is 2.28. The molecule has 2 N–H and O–H groups in total. The highest BCUT2D eigenvalue weighted by atomic mass is 16.1. The van der Waals surface area contributed by atoms with Gasteiger partial charge < -0.3 is 0 Å². The van der Waals surface area contributed by atoms with Crippen LogP contribution in [0.2, 0.25) is 0 Å². The van der Waals surface area contributed by atoms with E-state index in [-0.39, 0.29) is 11.0 Å². The van der Waals surface area contributed by atoms with Gasteiger partial charge in [0.1, 0.15) is 0 Å². The van der Waals surface area contributed by atoms with Gasteiger partial charge in [0, 0.05) is 5.41 Å². The van der Waals surface area contributed by atoms with E-state index in [4.69, 9.17) is 0 Å². The first-order chi connectivity index (χ1) is 9.79. The minimum absolute atomic E-state index is 0.199. The molecule has 0 aliphatic heterocycles. The molecule has 0 aliphatic carbocycles. The monoisotopic (exact) mass is 286 g/mol. The van der Waals surface area contributed by atoms with Crippen LogP contribution < -0.4 is 5.56 Å². The summed E-state index contributed by atoms with van der Waals surface area (Å²) >= 11 is 0. The Morgan fingerprint density at radius 3 is 2.14 bits per heavy atom. The maximum absolute atomic E-state index is 11.8. The lowest BCUT2D eigenvalue weighted by Gasteiger charge is -2.15. The van der Waals surface area contributed by atoms with Gasteiger partial charge in [0.15, 0.2) is 5.69 Å². The highest BCUT2D eigenvalue weighted by Gasteiger charge is 2.22. The van der Waals surface area contributed by atoms with Crippen LogP contribution in [0.1, 0.15) is 51.8 Å². The number of nitrogens with one attached hydrogen (secondary N) is 2. The summed E-state index contributed by atoms with van der Waals surface area (Å²) in [5.74, 6) is 0.482. The molecule has 0 saturated carbocycles. The minimum atomic E-state index is -0.248. The zero-order valence-corrected chi connectivity index (χ0v) is 13.2. The van der Waals surface area contributed by atoms with Gasteiger partial charge in [-0.25, -0.2) is 0 Å². The summed E-state index contributed by atoms with van der Waals surface area (Å²) < 4.78 is 0. The molecule has 1 aromatic carbocycles. The van der Waals surface area contributed by atoms with Crippen molar-refractivity contribution >= 4 is 11.4 Å². The van der Waals surface area contributed by atoms with E-state index >= 15 is 0 Å². The third-order valence-corrected chi connectivity index (χ3v) is 3.33. The van der Waals surface area contributed by atoms with Crippen molar-refractivity contribution in [1.82, 2.24) is 10.2 Å². The fourth-order valence-corrected chi connectivity index (χ4v) is 2.02. The van der Waals surface area contributed by atoms with Gasteiger partial charge in [0.05, 0.1) is 11.4 Å². The van der Waals surface area contributed by atoms with Crippen molar-refractivity contribution in [2.45, 2.75) is 46.0 Å². The van der Waals surface area contributed by atoms with Gasteiger partial charge in [0.2, 0.25) is 0 Å². The topological polar surface area (TPSA) is 73.4 Å². The van der Waals surface area contributed by atoms with Gasteiger partial charge in [-0.3, -0.25) is 15.0 Å². The Bertz CT molecular complexity index is 684. The van der Waals surface area contributed by atoms with Crippen molar-refractivity contribution in [2.75, 3.05) is 0 Å². The Kier molecular flexibility index (Phi) is 4.11. The molecule has 0 aliphatic rings. The maximum atomic E-state index is 11.8. The number of rotatable bonds is 3. The molecule has 5 heteroatoms. The number of benzene rings is 1. The van der Waals surface area contributed by atoms with E-state index in [1.165, 1.54) is 5.56 Å². The summed E-state index contributed by atoms with van der Waals surface area (Å²) in [6.45, 7) is 10.3. The van der Waals surface area contributed by atoms with E-state index in [0.29, 0.717) is 11.6 Å². The number of azo groups is 1. The van der Waals surface area contributed by atoms with Crippen LogP contribution in [0.15, 0.2) is 39.3 Å². The molecule has 1 heterocycles. The summed E-state index contributed by atoms with van der Waals surface area (Å²) in [7, 11) is 0. The smallest absolute Gasteiger partial charge is 0.292 e. The number of aromatic amines is 2. The van der Waals surface area contributed by atoms with Crippen molar-refractivity contribution in [1.29, 1.82) is 0 Å². The summed E-state index contributed by atoms with van der Waals surface area (Å²) in [5.41, 5.74) is 2.64. The molecule has 112 valence electrons. The Balaban J connectivity index is 2.30. The van der Waals surface area contributed by atoms with Crippen molar-refractivity contribution in [3.8, 4) is 0 Å². The van der Waals surface area contributed by atoms with Gasteiger partial charge in [-0.15, -0.1) is 5.11 Å². The molecule has 0 saturated heterocycles. The SMILES string of the molecule is CC(C)c1ccc(N=Nc2c(C(C)(C)C)[nH][nH]c2=O)cc1. The van der Waals surface area contributed by atoms with Gasteiger partial charge in [-0.1, -0.05) is 46.8 Å². The van der Waals surface area contributed by atoms with Crippen LogP contribution in [0.5, 0.6) is 0 Å². The average molecular weight is 286 g/mol. The fourth-order valence-electron chi connectivity index (χ4n) is 2.02. The molecular formula is C16H22N4O. The molecule has 1 aromatic heterocycles. The number of hydrogen-bond acceptors (Lipinski definition) is 3. The van der Waals surface area contributed by atoms with E-state index in [2.05, 4.69) is 34.3 Å². The summed E-state index contributed by atoms with van der Waals surface area (Å²) in [4.78, 5) is 11.8. The first-order valence-electron chi connectivity index (χ1n) is 7.12. The molecule has 0 bridgehead atoms. The van der Waals surface area contributed by atoms with E-state index in [9.17, 15) is 4.79 Å². The van der Waals surface area contributed by atoms with Crippen molar-refractivity contribution in [3.63, 3.8) is 0 Å². The summed E-state index contributed by atoms with van der Waals surface area (Å²) in [6, 6.07) is 7.89. The third-order valence-electron chi connectivity index (χ3n) is 3.33. The van der Waals surface area contributed by atoms with Crippen molar-refractivity contribution in [2.24, 2.45) is 10.2 Å². The second-order valence-corrected chi connectivity index (χ2v) is 6.50. The van der Waals surface area contributed by atoms with Gasteiger partial charge >= 0.3 is 0 Å². The first-order valence-corrected chi connectivity index (χ1v) is 7.12. The van der Waals surface area contributed by atoms with Crippen molar-refractivity contribution < 1.29 is 0 Å². The van der Waals surface area contributed by atoms with E-state index in [1.54, 1.807) is 0 Å². The lowest BCUT2D eigenvalue weighted by molar-refractivity contribution is 0.567.